The maximum absolute atomic E-state index is 4.59. The molecular weight excluding hydrogens is 298 g/mol. The van der Waals surface area contributed by atoms with Crippen molar-refractivity contribution >= 4 is 23.5 Å². The van der Waals surface area contributed by atoms with Crippen molar-refractivity contribution in [2.24, 2.45) is 7.05 Å². The maximum Gasteiger partial charge on any atom is 0.0624 e. The molecule has 0 spiro atoms. The smallest absolute Gasteiger partial charge is 0.0624 e. The van der Waals surface area contributed by atoms with Gasteiger partial charge in [-0.05, 0) is 19.0 Å². The Hall–Kier alpha value is -0.130. The minimum absolute atomic E-state index is 0.544. The van der Waals surface area contributed by atoms with Gasteiger partial charge in [-0.15, -0.1) is 0 Å². The Morgan fingerprint density at radius 3 is 2.71 bits per heavy atom. The van der Waals surface area contributed by atoms with Crippen LogP contribution >= 0.6 is 23.5 Å². The van der Waals surface area contributed by atoms with Crippen LogP contribution in [0.25, 0.3) is 0 Å². The van der Waals surface area contributed by atoms with E-state index in [1.807, 2.05) is 0 Å². The van der Waals surface area contributed by atoms with Crippen molar-refractivity contribution in [1.29, 1.82) is 0 Å². The van der Waals surface area contributed by atoms with Crippen LogP contribution in [0.5, 0.6) is 0 Å². The van der Waals surface area contributed by atoms with Gasteiger partial charge in [-0.2, -0.15) is 28.6 Å². The summed E-state index contributed by atoms with van der Waals surface area (Å²) in [6.07, 6.45) is 2.10. The van der Waals surface area contributed by atoms with E-state index in [-0.39, 0.29) is 0 Å². The average molecular weight is 328 g/mol. The molecule has 4 unspecified atom stereocenters. The van der Waals surface area contributed by atoms with E-state index < -0.39 is 0 Å². The lowest BCUT2D eigenvalue weighted by molar-refractivity contribution is 0.503. The lowest BCUT2D eigenvalue weighted by atomic mass is 10.1. The predicted molar refractivity (Wildman–Crippen MR) is 96.5 cm³/mol. The zero-order valence-corrected chi connectivity index (χ0v) is 15.6. The zero-order valence-electron chi connectivity index (χ0n) is 13.9. The number of rotatable bonds is 6. The Kier molecular flexibility index (Phi) is 6.51. The molecule has 0 saturated carbocycles. The number of aromatic nitrogens is 2. The van der Waals surface area contributed by atoms with Crippen molar-refractivity contribution in [3.05, 3.63) is 17.5 Å². The van der Waals surface area contributed by atoms with Gasteiger partial charge in [-0.1, -0.05) is 27.7 Å². The number of likely N-dealkylation sites (N-methyl/N-ethyl adjacent to an activating group) is 1. The third-order valence-electron chi connectivity index (χ3n) is 4.31. The molecule has 120 valence electrons. The molecule has 1 aliphatic heterocycles. The standard InChI is InChI=1S/C16H29N3S2/c1-6-13-8-14(19(5)18-13)9-15(17-7-2)16-10-20-11(3)12(4)21-16/h8,11-12,15-17H,6-7,9-10H2,1-5H3. The van der Waals surface area contributed by atoms with E-state index in [0.29, 0.717) is 11.3 Å². The molecule has 0 aromatic carbocycles. The van der Waals surface area contributed by atoms with Crippen LogP contribution in [-0.2, 0) is 19.9 Å². The summed E-state index contributed by atoms with van der Waals surface area (Å²) in [5.41, 5.74) is 2.56. The first kappa shape index (κ1) is 17.2. The van der Waals surface area contributed by atoms with Crippen molar-refractivity contribution in [2.45, 2.75) is 62.3 Å². The molecule has 0 radical (unpaired) electrons. The van der Waals surface area contributed by atoms with Crippen LogP contribution in [0.15, 0.2) is 6.07 Å². The number of hydrogen-bond acceptors (Lipinski definition) is 4. The summed E-state index contributed by atoms with van der Waals surface area (Å²) in [4.78, 5) is 0. The molecule has 21 heavy (non-hydrogen) atoms. The molecule has 1 saturated heterocycles. The van der Waals surface area contributed by atoms with Crippen molar-refractivity contribution in [1.82, 2.24) is 15.1 Å². The van der Waals surface area contributed by atoms with E-state index in [4.69, 9.17) is 0 Å². The van der Waals surface area contributed by atoms with Crippen LogP contribution < -0.4 is 5.32 Å². The number of hydrogen-bond donors (Lipinski definition) is 1. The highest BCUT2D eigenvalue weighted by molar-refractivity contribution is 8.07. The van der Waals surface area contributed by atoms with Crippen LogP contribution in [0.2, 0.25) is 0 Å². The Balaban J connectivity index is 2.06. The van der Waals surface area contributed by atoms with E-state index in [1.54, 1.807) is 0 Å². The van der Waals surface area contributed by atoms with Crippen LogP contribution in [-0.4, -0.2) is 43.9 Å². The van der Waals surface area contributed by atoms with Crippen molar-refractivity contribution < 1.29 is 0 Å². The molecule has 2 rings (SSSR count). The fourth-order valence-corrected chi connectivity index (χ4v) is 5.91. The third kappa shape index (κ3) is 4.42. The summed E-state index contributed by atoms with van der Waals surface area (Å²) < 4.78 is 2.07. The fourth-order valence-electron chi connectivity index (χ4n) is 2.78. The fraction of sp³-hybridized carbons (Fsp3) is 0.812. The molecule has 2 heterocycles. The molecule has 1 N–H and O–H groups in total. The van der Waals surface area contributed by atoms with E-state index in [0.717, 1.165) is 29.9 Å². The van der Waals surface area contributed by atoms with Crippen LogP contribution in [0.3, 0.4) is 0 Å². The summed E-state index contributed by atoms with van der Waals surface area (Å²) in [7, 11) is 2.07. The van der Waals surface area contributed by atoms with Gasteiger partial charge in [-0.3, -0.25) is 4.68 Å². The summed E-state index contributed by atoms with van der Waals surface area (Å²) in [6.45, 7) is 10.1. The molecule has 1 aliphatic rings. The van der Waals surface area contributed by atoms with E-state index >= 15 is 0 Å². The van der Waals surface area contributed by atoms with Gasteiger partial charge in [-0.25, -0.2) is 0 Å². The molecule has 4 atom stereocenters. The Bertz CT molecular complexity index is 447. The zero-order chi connectivity index (χ0) is 15.4. The topological polar surface area (TPSA) is 29.9 Å². The Morgan fingerprint density at radius 2 is 2.14 bits per heavy atom. The van der Waals surface area contributed by atoms with Gasteiger partial charge in [0.2, 0.25) is 0 Å². The van der Waals surface area contributed by atoms with Crippen LogP contribution in [0.1, 0.15) is 39.1 Å². The minimum Gasteiger partial charge on any atom is -0.313 e. The lowest BCUT2D eigenvalue weighted by Crippen LogP contribution is -2.45. The van der Waals surface area contributed by atoms with E-state index in [2.05, 4.69) is 79.4 Å². The molecule has 1 aromatic rings. The van der Waals surface area contributed by atoms with Crippen LogP contribution in [0, 0.1) is 0 Å². The number of aryl methyl sites for hydroxylation is 2. The first-order valence-electron chi connectivity index (χ1n) is 8.07. The highest BCUT2D eigenvalue weighted by Crippen LogP contribution is 2.37. The molecule has 0 amide bonds. The number of nitrogens with zero attached hydrogens (tertiary/aromatic N) is 2. The SMILES string of the molecule is CCNC(Cc1cc(CC)nn1C)C1CSC(C)C(C)S1. The lowest BCUT2D eigenvalue weighted by Gasteiger charge is -2.36. The average Bonchev–Trinajstić information content (AvgIpc) is 2.82. The van der Waals surface area contributed by atoms with Crippen molar-refractivity contribution in [3.63, 3.8) is 0 Å². The summed E-state index contributed by atoms with van der Waals surface area (Å²) >= 11 is 4.30. The second-order valence-electron chi connectivity index (χ2n) is 5.89. The molecule has 5 heteroatoms. The second-order valence-corrected chi connectivity index (χ2v) is 8.92. The van der Waals surface area contributed by atoms with Gasteiger partial charge in [0.25, 0.3) is 0 Å². The van der Waals surface area contributed by atoms with E-state index in [9.17, 15) is 0 Å². The minimum atomic E-state index is 0.544. The van der Waals surface area contributed by atoms with Crippen molar-refractivity contribution in [2.75, 3.05) is 12.3 Å². The molecule has 0 bridgehead atoms. The molecule has 3 nitrogen and oxygen atoms in total. The third-order valence-corrected chi connectivity index (χ3v) is 7.86. The van der Waals surface area contributed by atoms with Gasteiger partial charge in [0.1, 0.15) is 0 Å². The summed E-state index contributed by atoms with van der Waals surface area (Å²) in [5, 5.41) is 10.5. The monoisotopic (exact) mass is 327 g/mol. The summed E-state index contributed by atoms with van der Waals surface area (Å²) in [5.74, 6) is 1.26. The number of thioether (sulfide) groups is 2. The highest BCUT2D eigenvalue weighted by atomic mass is 32.2. The first-order valence-corrected chi connectivity index (χ1v) is 10.1. The second kappa shape index (κ2) is 7.93. The van der Waals surface area contributed by atoms with Gasteiger partial charge in [0, 0.05) is 46.7 Å². The molecular formula is C16H29N3S2. The molecule has 1 aromatic heterocycles. The van der Waals surface area contributed by atoms with Crippen LogP contribution in [0.4, 0.5) is 0 Å². The van der Waals surface area contributed by atoms with Crippen molar-refractivity contribution in [3.8, 4) is 0 Å². The van der Waals surface area contributed by atoms with Gasteiger partial charge in [0.05, 0.1) is 5.69 Å². The Morgan fingerprint density at radius 1 is 1.38 bits per heavy atom. The summed E-state index contributed by atoms with van der Waals surface area (Å²) in [6, 6.07) is 2.82. The largest absolute Gasteiger partial charge is 0.313 e. The Labute approximate surface area is 138 Å². The first-order chi connectivity index (χ1) is 10.0. The highest BCUT2D eigenvalue weighted by Gasteiger charge is 2.31. The van der Waals surface area contributed by atoms with E-state index in [1.165, 1.54) is 17.1 Å². The molecule has 0 aliphatic carbocycles. The number of nitrogens with one attached hydrogen (secondary N) is 1. The maximum atomic E-state index is 4.59. The van der Waals surface area contributed by atoms with Gasteiger partial charge < -0.3 is 5.32 Å². The van der Waals surface area contributed by atoms with Gasteiger partial charge in [0.15, 0.2) is 0 Å². The quantitative estimate of drug-likeness (QED) is 0.869. The predicted octanol–water partition coefficient (Wildman–Crippen LogP) is 3.13. The normalized spacial score (nSPS) is 27.8. The van der Waals surface area contributed by atoms with Gasteiger partial charge >= 0.3 is 0 Å². The molecule has 1 fully saturated rings.